The van der Waals surface area contributed by atoms with E-state index in [1.807, 2.05) is 42.5 Å². The molecule has 1 aliphatic heterocycles. The number of hydrogen-bond donors (Lipinski definition) is 2. The van der Waals surface area contributed by atoms with E-state index in [2.05, 4.69) is 23.3 Å². The predicted octanol–water partition coefficient (Wildman–Crippen LogP) is 3.96. The van der Waals surface area contributed by atoms with Crippen LogP contribution in [0.1, 0.15) is 52.9 Å². The average molecular weight is 562 g/mol. The van der Waals surface area contributed by atoms with Gasteiger partial charge in [-0.2, -0.15) is 0 Å². The molecule has 9 heteroatoms. The van der Waals surface area contributed by atoms with Crippen LogP contribution in [0.3, 0.4) is 0 Å². The minimum Gasteiger partial charge on any atom is -0.508 e. The number of likely N-dealkylation sites (N-methyl/N-ethyl adjacent to an activating group) is 1. The molecule has 2 aromatic carbocycles. The third-order valence-corrected chi connectivity index (χ3v) is 7.42. The van der Waals surface area contributed by atoms with Crippen molar-refractivity contribution in [2.45, 2.75) is 45.1 Å². The lowest BCUT2D eigenvalue weighted by Gasteiger charge is -2.47. The molecule has 0 spiro atoms. The molecule has 9 nitrogen and oxygen atoms in total. The Hall–Kier alpha value is -3.92. The Morgan fingerprint density at radius 2 is 1.83 bits per heavy atom. The van der Waals surface area contributed by atoms with Gasteiger partial charge in [0.25, 0.3) is 5.91 Å². The van der Waals surface area contributed by atoms with E-state index >= 15 is 0 Å². The van der Waals surface area contributed by atoms with Gasteiger partial charge in [0, 0.05) is 37.8 Å². The van der Waals surface area contributed by atoms with Gasteiger partial charge in [0.1, 0.15) is 30.4 Å². The van der Waals surface area contributed by atoms with Crippen molar-refractivity contribution < 1.29 is 29.0 Å². The van der Waals surface area contributed by atoms with E-state index in [1.165, 1.54) is 4.90 Å². The van der Waals surface area contributed by atoms with E-state index in [9.17, 15) is 19.8 Å². The number of phenols is 1. The Kier molecular flexibility index (Phi) is 9.99. The Balaban J connectivity index is 1.64. The van der Waals surface area contributed by atoms with Crippen molar-refractivity contribution >= 4 is 11.9 Å². The second-order valence-corrected chi connectivity index (χ2v) is 10.4. The molecule has 2 N–H and O–H groups in total. The number of benzene rings is 2. The normalized spacial score (nSPS) is 18.5. The lowest BCUT2D eigenvalue weighted by molar-refractivity contribution is -0.143. The number of phenolic OH excluding ortho intramolecular Hbond substituents is 1. The van der Waals surface area contributed by atoms with Crippen LogP contribution in [0.25, 0.3) is 0 Å². The molecule has 3 atom stereocenters. The molecule has 1 amide bonds. The lowest BCUT2D eigenvalue weighted by atomic mass is 9.92. The summed E-state index contributed by atoms with van der Waals surface area (Å²) in [7, 11) is 1.58. The molecule has 2 heterocycles. The molecule has 0 bridgehead atoms. The Morgan fingerprint density at radius 1 is 1.12 bits per heavy atom. The van der Waals surface area contributed by atoms with E-state index in [4.69, 9.17) is 9.15 Å². The molecule has 3 aromatic rings. The minimum absolute atomic E-state index is 0.00853. The fourth-order valence-corrected chi connectivity index (χ4v) is 5.45. The summed E-state index contributed by atoms with van der Waals surface area (Å²) < 4.78 is 10.8. The second kappa shape index (κ2) is 13.6. The SMILES string of the molecule is C=C[C@@H]1CN([C@@H](c2cccc(O)c2)c2cccc(C(=O)N(C)CC(=O)OCC)c2)[C@@H](C)CN1Cc1ccc(CO)o1. The smallest absolute Gasteiger partial charge is 0.325 e. The minimum atomic E-state index is -0.457. The summed E-state index contributed by atoms with van der Waals surface area (Å²) in [5.74, 6) is 0.744. The number of piperazine rings is 1. The van der Waals surface area contributed by atoms with Crippen LogP contribution in [-0.2, 0) is 22.7 Å². The number of hydrogen-bond acceptors (Lipinski definition) is 8. The van der Waals surface area contributed by atoms with Crippen molar-refractivity contribution in [1.82, 2.24) is 14.7 Å². The van der Waals surface area contributed by atoms with Gasteiger partial charge in [0.05, 0.1) is 19.2 Å². The van der Waals surface area contributed by atoms with Crippen LogP contribution < -0.4 is 0 Å². The first-order valence-corrected chi connectivity index (χ1v) is 13.8. The highest BCUT2D eigenvalue weighted by atomic mass is 16.5. The van der Waals surface area contributed by atoms with Gasteiger partial charge in [-0.1, -0.05) is 30.3 Å². The molecule has 218 valence electrons. The summed E-state index contributed by atoms with van der Waals surface area (Å²) in [6.07, 6.45) is 1.93. The topological polar surface area (TPSA) is 107 Å². The molecule has 1 aromatic heterocycles. The summed E-state index contributed by atoms with van der Waals surface area (Å²) in [4.78, 5) is 31.2. The largest absolute Gasteiger partial charge is 0.508 e. The highest BCUT2D eigenvalue weighted by Crippen LogP contribution is 2.35. The molecule has 1 aliphatic rings. The summed E-state index contributed by atoms with van der Waals surface area (Å²) in [5.41, 5.74) is 2.26. The zero-order chi connectivity index (χ0) is 29.5. The molecule has 0 unspecified atom stereocenters. The standard InChI is InChI=1S/C32H39N3O6/c1-5-26-18-35(22(3)17-34(26)19-28-13-14-29(21-36)41-28)31(24-10-8-12-27(37)16-24)23-9-7-11-25(15-23)32(39)33(4)20-30(38)40-6-2/h5,7-16,22,26,31,36-37H,1,6,17-21H2,2-4H3/t22-,26+,31+/m0/s1. The number of carbonyl (C=O) groups excluding carboxylic acids is 2. The van der Waals surface area contributed by atoms with E-state index < -0.39 is 5.97 Å². The van der Waals surface area contributed by atoms with Crippen LogP contribution in [0.4, 0.5) is 0 Å². The Morgan fingerprint density at radius 3 is 2.49 bits per heavy atom. The first kappa shape index (κ1) is 30.0. The van der Waals surface area contributed by atoms with Crippen LogP contribution in [0.15, 0.2) is 77.7 Å². The number of ether oxygens (including phenoxy) is 1. The van der Waals surface area contributed by atoms with Crippen molar-refractivity contribution in [3.05, 3.63) is 102 Å². The van der Waals surface area contributed by atoms with Crippen molar-refractivity contribution in [3.63, 3.8) is 0 Å². The molecular weight excluding hydrogens is 522 g/mol. The van der Waals surface area contributed by atoms with Crippen molar-refractivity contribution in [2.24, 2.45) is 0 Å². The van der Waals surface area contributed by atoms with Gasteiger partial charge in [-0.25, -0.2) is 0 Å². The highest BCUT2D eigenvalue weighted by molar-refractivity contribution is 5.96. The maximum absolute atomic E-state index is 13.2. The molecular formula is C32H39N3O6. The number of carbonyl (C=O) groups is 2. The average Bonchev–Trinajstić information content (AvgIpc) is 3.42. The van der Waals surface area contributed by atoms with Gasteiger partial charge >= 0.3 is 5.97 Å². The molecule has 1 fully saturated rings. The second-order valence-electron chi connectivity index (χ2n) is 10.4. The number of amides is 1. The Labute approximate surface area is 241 Å². The van der Waals surface area contributed by atoms with Gasteiger partial charge in [0.15, 0.2) is 0 Å². The first-order chi connectivity index (χ1) is 19.7. The summed E-state index contributed by atoms with van der Waals surface area (Å²) >= 11 is 0. The number of aliphatic hydroxyl groups excluding tert-OH is 1. The molecule has 41 heavy (non-hydrogen) atoms. The number of rotatable bonds is 11. The van der Waals surface area contributed by atoms with Crippen LogP contribution in [0.5, 0.6) is 5.75 Å². The quantitative estimate of drug-likeness (QED) is 0.268. The molecule has 0 radical (unpaired) electrons. The highest BCUT2D eigenvalue weighted by Gasteiger charge is 2.36. The third-order valence-electron chi connectivity index (χ3n) is 7.42. The van der Waals surface area contributed by atoms with E-state index in [-0.39, 0.29) is 49.5 Å². The van der Waals surface area contributed by atoms with Gasteiger partial charge in [-0.15, -0.1) is 6.58 Å². The summed E-state index contributed by atoms with van der Waals surface area (Å²) in [5, 5.41) is 19.7. The van der Waals surface area contributed by atoms with Crippen LogP contribution in [0, 0.1) is 0 Å². The number of nitrogens with zero attached hydrogens (tertiary/aromatic N) is 3. The van der Waals surface area contributed by atoms with Crippen LogP contribution in [0.2, 0.25) is 0 Å². The zero-order valence-electron chi connectivity index (χ0n) is 23.9. The van der Waals surface area contributed by atoms with Crippen LogP contribution in [-0.4, -0.2) is 82.2 Å². The van der Waals surface area contributed by atoms with Crippen molar-refractivity contribution in [1.29, 1.82) is 0 Å². The number of aromatic hydroxyl groups is 1. The van der Waals surface area contributed by atoms with Crippen molar-refractivity contribution in [3.8, 4) is 5.75 Å². The lowest BCUT2D eigenvalue weighted by Crippen LogP contribution is -2.57. The van der Waals surface area contributed by atoms with Gasteiger partial charge < -0.3 is 24.3 Å². The van der Waals surface area contributed by atoms with E-state index in [0.29, 0.717) is 24.4 Å². The maximum atomic E-state index is 13.2. The summed E-state index contributed by atoms with van der Waals surface area (Å²) in [6.45, 7) is 9.93. The third kappa shape index (κ3) is 7.24. The molecule has 4 rings (SSSR count). The molecule has 0 aliphatic carbocycles. The van der Waals surface area contributed by atoms with E-state index in [1.54, 1.807) is 38.2 Å². The predicted molar refractivity (Wildman–Crippen MR) is 155 cm³/mol. The summed E-state index contributed by atoms with van der Waals surface area (Å²) in [6, 6.07) is 18.2. The molecule has 0 saturated carbocycles. The Bertz CT molecular complexity index is 1350. The van der Waals surface area contributed by atoms with Crippen LogP contribution >= 0.6 is 0 Å². The van der Waals surface area contributed by atoms with Gasteiger partial charge in [0.2, 0.25) is 0 Å². The number of furan rings is 1. The van der Waals surface area contributed by atoms with Gasteiger partial charge in [-0.3, -0.25) is 19.4 Å². The van der Waals surface area contributed by atoms with E-state index in [0.717, 1.165) is 23.4 Å². The maximum Gasteiger partial charge on any atom is 0.325 e. The zero-order valence-corrected chi connectivity index (χ0v) is 23.9. The van der Waals surface area contributed by atoms with Crippen molar-refractivity contribution in [2.75, 3.05) is 33.3 Å². The fourth-order valence-electron chi connectivity index (χ4n) is 5.45. The number of esters is 1. The number of aliphatic hydroxyl groups is 1. The monoisotopic (exact) mass is 561 g/mol. The fraction of sp³-hybridized carbons (Fsp3) is 0.375. The van der Waals surface area contributed by atoms with Gasteiger partial charge in [-0.05, 0) is 61.4 Å². The first-order valence-electron chi connectivity index (χ1n) is 13.8. The molecule has 1 saturated heterocycles.